The van der Waals surface area contributed by atoms with Gasteiger partial charge in [0.25, 0.3) is 0 Å². The second-order valence-electron chi connectivity index (χ2n) is 2.65. The molecule has 0 bridgehead atoms. The Bertz CT molecular complexity index is 234. The van der Waals surface area contributed by atoms with Gasteiger partial charge in [-0.15, -0.1) is 0 Å². The summed E-state index contributed by atoms with van der Waals surface area (Å²) in [7, 11) is -4.71. The van der Waals surface area contributed by atoms with Crippen LogP contribution in [-0.4, -0.2) is 44.6 Å². The Hall–Kier alpha value is -0.300. The molecule has 0 radical (unpaired) electrons. The molecule has 0 aromatic carbocycles. The number of Topliss-reactive ketones (excluding diaryl/α,β-unsaturated/α-hetero) is 1. The summed E-state index contributed by atoms with van der Waals surface area (Å²) >= 11 is 0. The van der Waals surface area contributed by atoms with Crippen molar-refractivity contribution in [2.75, 3.05) is 6.61 Å². The number of phosphoric acid groups is 1. The molecule has 0 aliphatic rings. The maximum absolute atomic E-state index is 10.9. The Morgan fingerprint density at radius 2 is 1.93 bits per heavy atom. The van der Waals surface area contributed by atoms with Crippen LogP contribution < -0.4 is 0 Å². The lowest BCUT2D eigenvalue weighted by Crippen LogP contribution is -2.35. The molecule has 0 saturated carbocycles. The van der Waals surface area contributed by atoms with Crippen molar-refractivity contribution in [3.63, 3.8) is 0 Å². The highest BCUT2D eigenvalue weighted by Gasteiger charge is 2.25. The van der Waals surface area contributed by atoms with Crippen LogP contribution in [0.4, 0.5) is 0 Å². The Morgan fingerprint density at radius 1 is 1.43 bits per heavy atom. The van der Waals surface area contributed by atoms with E-state index in [2.05, 4.69) is 4.52 Å². The highest BCUT2D eigenvalue weighted by Crippen LogP contribution is 2.35. The van der Waals surface area contributed by atoms with E-state index in [1.165, 1.54) is 0 Å². The van der Waals surface area contributed by atoms with Crippen molar-refractivity contribution in [1.29, 1.82) is 0 Å². The van der Waals surface area contributed by atoms with Crippen molar-refractivity contribution in [3.8, 4) is 0 Å². The van der Waals surface area contributed by atoms with E-state index >= 15 is 0 Å². The van der Waals surface area contributed by atoms with Gasteiger partial charge in [0.1, 0.15) is 12.7 Å². The van der Waals surface area contributed by atoms with Gasteiger partial charge in [-0.1, -0.05) is 6.92 Å². The lowest BCUT2D eigenvalue weighted by molar-refractivity contribution is -0.135. The van der Waals surface area contributed by atoms with Crippen LogP contribution in [0.25, 0.3) is 0 Å². The minimum atomic E-state index is -4.71. The number of ketones is 1. The van der Waals surface area contributed by atoms with E-state index in [1.54, 1.807) is 6.92 Å². The SMILES string of the molecule is CC[C@@H](O)[C@H](O)C(=O)COP(=O)(O)O. The molecule has 2 atom stereocenters. The van der Waals surface area contributed by atoms with Gasteiger partial charge in [0.05, 0.1) is 6.10 Å². The van der Waals surface area contributed by atoms with E-state index in [0.29, 0.717) is 0 Å². The zero-order valence-electron chi connectivity index (χ0n) is 7.53. The largest absolute Gasteiger partial charge is 0.470 e. The highest BCUT2D eigenvalue weighted by molar-refractivity contribution is 7.46. The van der Waals surface area contributed by atoms with E-state index in [1.807, 2.05) is 0 Å². The molecule has 7 nitrogen and oxygen atoms in total. The van der Waals surface area contributed by atoms with Gasteiger partial charge in [-0.25, -0.2) is 4.57 Å². The average Bonchev–Trinajstić information content (AvgIpc) is 2.10. The van der Waals surface area contributed by atoms with Gasteiger partial charge < -0.3 is 20.0 Å². The van der Waals surface area contributed by atoms with Crippen LogP contribution in [0.1, 0.15) is 13.3 Å². The van der Waals surface area contributed by atoms with E-state index in [4.69, 9.17) is 20.0 Å². The number of phosphoric ester groups is 1. The van der Waals surface area contributed by atoms with Gasteiger partial charge in [-0.2, -0.15) is 0 Å². The Kier molecular flexibility index (Phi) is 5.43. The number of hydrogen-bond acceptors (Lipinski definition) is 5. The van der Waals surface area contributed by atoms with Crippen LogP contribution in [0.2, 0.25) is 0 Å². The molecule has 84 valence electrons. The van der Waals surface area contributed by atoms with Crippen molar-refractivity contribution in [2.45, 2.75) is 25.6 Å². The van der Waals surface area contributed by atoms with Crippen molar-refractivity contribution < 1.29 is 33.9 Å². The minimum absolute atomic E-state index is 0.156. The van der Waals surface area contributed by atoms with Gasteiger partial charge in [0, 0.05) is 0 Å². The fourth-order valence-corrected chi connectivity index (χ4v) is 0.966. The first-order valence-electron chi connectivity index (χ1n) is 3.87. The van der Waals surface area contributed by atoms with Crippen LogP contribution in [0.5, 0.6) is 0 Å². The quantitative estimate of drug-likeness (QED) is 0.420. The zero-order chi connectivity index (χ0) is 11.4. The molecular formula is C6H13O7P. The van der Waals surface area contributed by atoms with Crippen molar-refractivity contribution >= 4 is 13.6 Å². The van der Waals surface area contributed by atoms with Crippen molar-refractivity contribution in [1.82, 2.24) is 0 Å². The fourth-order valence-electron chi connectivity index (χ4n) is 0.671. The zero-order valence-corrected chi connectivity index (χ0v) is 8.42. The predicted molar refractivity (Wildman–Crippen MR) is 45.3 cm³/mol. The number of carbonyl (C=O) groups excluding carboxylic acids is 1. The first-order chi connectivity index (χ1) is 6.28. The van der Waals surface area contributed by atoms with Crippen molar-refractivity contribution in [3.05, 3.63) is 0 Å². The molecule has 0 amide bonds. The minimum Gasteiger partial charge on any atom is -0.390 e. The molecule has 14 heavy (non-hydrogen) atoms. The summed E-state index contributed by atoms with van der Waals surface area (Å²) in [5.74, 6) is -0.970. The smallest absolute Gasteiger partial charge is 0.390 e. The molecule has 0 fully saturated rings. The molecule has 0 unspecified atom stereocenters. The lowest BCUT2D eigenvalue weighted by atomic mass is 10.1. The highest BCUT2D eigenvalue weighted by atomic mass is 31.2. The van der Waals surface area contributed by atoms with Gasteiger partial charge >= 0.3 is 7.82 Å². The standard InChI is InChI=1S/C6H13O7P/c1-2-4(7)6(9)5(8)3-13-14(10,11)12/h4,6-7,9H,2-3H2,1H3,(H2,10,11,12)/t4-,6+/m1/s1. The number of carbonyl (C=O) groups is 1. The summed E-state index contributed by atoms with van der Waals surface area (Å²) in [6.07, 6.45) is -2.77. The molecule has 0 saturated heterocycles. The van der Waals surface area contributed by atoms with Crippen LogP contribution >= 0.6 is 7.82 Å². The monoisotopic (exact) mass is 228 g/mol. The van der Waals surface area contributed by atoms with Crippen molar-refractivity contribution in [2.24, 2.45) is 0 Å². The van der Waals surface area contributed by atoms with Gasteiger partial charge in [-0.3, -0.25) is 9.32 Å². The van der Waals surface area contributed by atoms with E-state index < -0.39 is 32.4 Å². The van der Waals surface area contributed by atoms with E-state index in [9.17, 15) is 9.36 Å². The molecule has 0 rings (SSSR count). The molecule has 0 aliphatic carbocycles. The summed E-state index contributed by atoms with van der Waals surface area (Å²) in [4.78, 5) is 27.4. The second-order valence-corrected chi connectivity index (χ2v) is 3.89. The molecule has 0 aliphatic heterocycles. The summed E-state index contributed by atoms with van der Waals surface area (Å²) in [5.41, 5.74) is 0. The Labute approximate surface area is 80.6 Å². The maximum Gasteiger partial charge on any atom is 0.470 e. The lowest BCUT2D eigenvalue weighted by Gasteiger charge is -2.14. The average molecular weight is 228 g/mol. The molecule has 0 spiro atoms. The van der Waals surface area contributed by atoms with Gasteiger partial charge in [-0.05, 0) is 6.42 Å². The predicted octanol–water partition coefficient (Wildman–Crippen LogP) is -1.20. The third-order valence-corrected chi connectivity index (χ3v) is 1.95. The summed E-state index contributed by atoms with van der Waals surface area (Å²) in [6, 6.07) is 0. The maximum atomic E-state index is 10.9. The number of rotatable bonds is 6. The van der Waals surface area contributed by atoms with E-state index in [-0.39, 0.29) is 6.42 Å². The topological polar surface area (TPSA) is 124 Å². The molecule has 0 aromatic rings. The normalized spacial score (nSPS) is 16.4. The van der Waals surface area contributed by atoms with Crippen LogP contribution in [-0.2, 0) is 13.9 Å². The van der Waals surface area contributed by atoms with Gasteiger partial charge in [0.2, 0.25) is 0 Å². The first-order valence-corrected chi connectivity index (χ1v) is 5.40. The van der Waals surface area contributed by atoms with Crippen LogP contribution in [0.3, 0.4) is 0 Å². The van der Waals surface area contributed by atoms with Crippen LogP contribution in [0, 0.1) is 0 Å². The summed E-state index contributed by atoms with van der Waals surface area (Å²) < 4.78 is 14.0. The molecule has 0 aromatic heterocycles. The third-order valence-electron chi connectivity index (χ3n) is 1.49. The first kappa shape index (κ1) is 13.7. The second kappa shape index (κ2) is 5.55. The van der Waals surface area contributed by atoms with E-state index in [0.717, 1.165) is 0 Å². The molecule has 4 N–H and O–H groups in total. The van der Waals surface area contributed by atoms with Gasteiger partial charge in [0.15, 0.2) is 5.78 Å². The number of hydrogen-bond donors (Lipinski definition) is 4. The third kappa shape index (κ3) is 5.43. The Balaban J connectivity index is 4.03. The fraction of sp³-hybridized carbons (Fsp3) is 0.833. The Morgan fingerprint density at radius 3 is 2.29 bits per heavy atom. The number of aliphatic hydroxyl groups is 2. The van der Waals surface area contributed by atoms with Crippen LogP contribution in [0.15, 0.2) is 0 Å². The number of aliphatic hydroxyl groups excluding tert-OH is 2. The molecule has 0 heterocycles. The molecular weight excluding hydrogens is 215 g/mol. The summed E-state index contributed by atoms with van der Waals surface area (Å²) in [6.45, 7) is 0.619. The molecule has 8 heteroatoms. The summed E-state index contributed by atoms with van der Waals surface area (Å²) in [5, 5.41) is 18.1.